The van der Waals surface area contributed by atoms with Gasteiger partial charge < -0.3 is 4.74 Å². The first-order valence-corrected chi connectivity index (χ1v) is 7.84. The summed E-state index contributed by atoms with van der Waals surface area (Å²) in [5.74, 6) is 0.867. The predicted molar refractivity (Wildman–Crippen MR) is 87.2 cm³/mol. The summed E-state index contributed by atoms with van der Waals surface area (Å²) >= 11 is 7.38. The lowest BCUT2D eigenvalue weighted by Gasteiger charge is -2.13. The molecule has 2 rings (SSSR count). The maximum Gasteiger partial charge on any atom is 0.120 e. The molecule has 3 heteroatoms. The first kappa shape index (κ1) is 14.6. The third-order valence-electron chi connectivity index (χ3n) is 3.04. The van der Waals surface area contributed by atoms with Crippen molar-refractivity contribution in [1.29, 1.82) is 0 Å². The van der Waals surface area contributed by atoms with Gasteiger partial charge in [0.1, 0.15) is 5.75 Å². The van der Waals surface area contributed by atoms with Gasteiger partial charge in [-0.25, -0.2) is 0 Å². The van der Waals surface area contributed by atoms with Crippen molar-refractivity contribution in [3.63, 3.8) is 0 Å². The van der Waals surface area contributed by atoms with E-state index in [0.29, 0.717) is 0 Å². The van der Waals surface area contributed by atoms with Gasteiger partial charge in [-0.15, -0.1) is 0 Å². The second kappa shape index (κ2) is 6.58. The minimum absolute atomic E-state index is 0.287. The lowest BCUT2D eigenvalue weighted by atomic mass is 10.0. The molecule has 0 aromatic heterocycles. The van der Waals surface area contributed by atoms with Gasteiger partial charge in [-0.1, -0.05) is 67.8 Å². The second-order valence-corrected chi connectivity index (χ2v) is 6.51. The van der Waals surface area contributed by atoms with Crippen molar-refractivity contribution in [2.75, 3.05) is 7.11 Å². The van der Waals surface area contributed by atoms with Crippen molar-refractivity contribution in [3.05, 3.63) is 63.6 Å². The molecule has 0 N–H and O–H groups in total. The minimum atomic E-state index is 0.287. The molecule has 0 saturated carbocycles. The van der Waals surface area contributed by atoms with Crippen LogP contribution in [0.3, 0.4) is 0 Å². The summed E-state index contributed by atoms with van der Waals surface area (Å²) in [5.41, 5.74) is 3.87. The Morgan fingerprint density at radius 2 is 1.95 bits per heavy atom. The van der Waals surface area contributed by atoms with Crippen LogP contribution in [0.5, 0.6) is 5.75 Å². The van der Waals surface area contributed by atoms with E-state index in [1.165, 1.54) is 16.7 Å². The van der Waals surface area contributed by atoms with Gasteiger partial charge in [0.05, 0.1) is 7.11 Å². The van der Waals surface area contributed by atoms with Crippen LogP contribution in [-0.4, -0.2) is 7.11 Å². The molecule has 2 aromatic rings. The molecule has 19 heavy (non-hydrogen) atoms. The van der Waals surface area contributed by atoms with Crippen LogP contribution in [0.2, 0.25) is 0 Å². The summed E-state index contributed by atoms with van der Waals surface area (Å²) in [7, 11) is 1.68. The molecule has 1 atom stereocenters. The molecule has 0 spiro atoms. The molecule has 2 aromatic carbocycles. The number of rotatable bonds is 4. The number of hydrogen-bond donors (Lipinski definition) is 0. The summed E-state index contributed by atoms with van der Waals surface area (Å²) in [4.78, 5) is 0.287. The van der Waals surface area contributed by atoms with Crippen LogP contribution in [-0.2, 0) is 6.42 Å². The van der Waals surface area contributed by atoms with Crippen molar-refractivity contribution >= 4 is 31.9 Å². The fraction of sp³-hybridized carbons (Fsp3) is 0.250. The third kappa shape index (κ3) is 3.83. The lowest BCUT2D eigenvalue weighted by molar-refractivity contribution is 0.414. The van der Waals surface area contributed by atoms with E-state index in [1.807, 2.05) is 12.1 Å². The van der Waals surface area contributed by atoms with E-state index in [-0.39, 0.29) is 4.83 Å². The van der Waals surface area contributed by atoms with E-state index < -0.39 is 0 Å². The molecule has 0 bridgehead atoms. The Hall–Kier alpha value is -0.800. The Kier molecular flexibility index (Phi) is 5.06. The SMILES string of the molecule is COc1ccc(C(Br)Cc2cccc(C)c2)c(Br)c1. The molecule has 0 aliphatic carbocycles. The summed E-state index contributed by atoms with van der Waals surface area (Å²) in [6, 6.07) is 14.7. The topological polar surface area (TPSA) is 9.23 Å². The Bertz CT molecular complexity index is 566. The van der Waals surface area contributed by atoms with Gasteiger partial charge in [-0.2, -0.15) is 0 Å². The fourth-order valence-corrected chi connectivity index (χ4v) is 3.76. The van der Waals surface area contributed by atoms with Crippen LogP contribution in [0.25, 0.3) is 0 Å². The summed E-state index contributed by atoms with van der Waals surface area (Å²) < 4.78 is 6.29. The van der Waals surface area contributed by atoms with Crippen molar-refractivity contribution in [2.45, 2.75) is 18.2 Å². The highest BCUT2D eigenvalue weighted by molar-refractivity contribution is 9.11. The molecule has 0 heterocycles. The largest absolute Gasteiger partial charge is 0.497 e. The molecule has 0 radical (unpaired) electrons. The maximum atomic E-state index is 5.22. The van der Waals surface area contributed by atoms with Crippen molar-refractivity contribution < 1.29 is 4.74 Å². The van der Waals surface area contributed by atoms with Gasteiger partial charge in [0, 0.05) is 9.30 Å². The second-order valence-electron chi connectivity index (χ2n) is 4.55. The van der Waals surface area contributed by atoms with E-state index in [4.69, 9.17) is 4.74 Å². The molecule has 0 fully saturated rings. The maximum absolute atomic E-state index is 5.22. The zero-order valence-corrected chi connectivity index (χ0v) is 14.2. The lowest BCUT2D eigenvalue weighted by Crippen LogP contribution is -1.97. The molecule has 0 aliphatic heterocycles. The fourth-order valence-electron chi connectivity index (χ4n) is 2.04. The molecule has 100 valence electrons. The van der Waals surface area contributed by atoms with Crippen LogP contribution >= 0.6 is 31.9 Å². The van der Waals surface area contributed by atoms with Crippen LogP contribution < -0.4 is 4.74 Å². The van der Waals surface area contributed by atoms with Crippen molar-refractivity contribution in [2.24, 2.45) is 0 Å². The number of methoxy groups -OCH3 is 1. The van der Waals surface area contributed by atoms with Gasteiger partial charge in [0.25, 0.3) is 0 Å². The Morgan fingerprint density at radius 1 is 1.16 bits per heavy atom. The number of alkyl halides is 1. The molecular weight excluding hydrogens is 368 g/mol. The van der Waals surface area contributed by atoms with E-state index in [0.717, 1.165) is 16.6 Å². The third-order valence-corrected chi connectivity index (χ3v) is 4.55. The normalized spacial score (nSPS) is 12.2. The number of aryl methyl sites for hydroxylation is 1. The van der Waals surface area contributed by atoms with Gasteiger partial charge in [-0.3, -0.25) is 0 Å². The number of halogens is 2. The number of hydrogen-bond acceptors (Lipinski definition) is 1. The number of benzene rings is 2. The van der Waals surface area contributed by atoms with Crippen molar-refractivity contribution in [1.82, 2.24) is 0 Å². The summed E-state index contributed by atoms with van der Waals surface area (Å²) in [6.07, 6.45) is 0.965. The Morgan fingerprint density at radius 3 is 2.58 bits per heavy atom. The molecular formula is C16H16Br2O. The predicted octanol–water partition coefficient (Wildman–Crippen LogP) is 5.44. The average molecular weight is 384 g/mol. The van der Waals surface area contributed by atoms with E-state index in [2.05, 4.69) is 69.1 Å². The molecule has 1 nitrogen and oxygen atoms in total. The van der Waals surface area contributed by atoms with Crippen LogP contribution in [0.4, 0.5) is 0 Å². The molecule has 0 saturated heterocycles. The monoisotopic (exact) mass is 382 g/mol. The van der Waals surface area contributed by atoms with Gasteiger partial charge in [0.2, 0.25) is 0 Å². The van der Waals surface area contributed by atoms with E-state index in [9.17, 15) is 0 Å². The minimum Gasteiger partial charge on any atom is -0.497 e. The van der Waals surface area contributed by atoms with Gasteiger partial charge in [-0.05, 0) is 36.6 Å². The number of ether oxygens (including phenoxy) is 1. The zero-order valence-electron chi connectivity index (χ0n) is 11.0. The quantitative estimate of drug-likeness (QED) is 0.638. The standard InChI is InChI=1S/C16H16Br2O/c1-11-4-3-5-12(8-11)9-15(17)14-7-6-13(19-2)10-16(14)18/h3-8,10,15H,9H2,1-2H3. The summed E-state index contributed by atoms with van der Waals surface area (Å²) in [5, 5.41) is 0. The van der Waals surface area contributed by atoms with Gasteiger partial charge >= 0.3 is 0 Å². The summed E-state index contributed by atoms with van der Waals surface area (Å²) in [6.45, 7) is 2.12. The molecule has 1 unspecified atom stereocenters. The van der Waals surface area contributed by atoms with Crippen LogP contribution in [0.15, 0.2) is 46.9 Å². The zero-order chi connectivity index (χ0) is 13.8. The Labute approximate surface area is 131 Å². The average Bonchev–Trinajstić information content (AvgIpc) is 2.38. The highest BCUT2D eigenvalue weighted by atomic mass is 79.9. The smallest absolute Gasteiger partial charge is 0.120 e. The van der Waals surface area contributed by atoms with E-state index in [1.54, 1.807) is 7.11 Å². The highest BCUT2D eigenvalue weighted by Crippen LogP contribution is 2.34. The van der Waals surface area contributed by atoms with Crippen LogP contribution in [0.1, 0.15) is 21.5 Å². The first-order valence-electron chi connectivity index (χ1n) is 6.13. The van der Waals surface area contributed by atoms with Gasteiger partial charge in [0.15, 0.2) is 0 Å². The highest BCUT2D eigenvalue weighted by Gasteiger charge is 2.12. The first-order chi connectivity index (χ1) is 9.10. The van der Waals surface area contributed by atoms with Crippen molar-refractivity contribution in [3.8, 4) is 5.75 Å². The molecule has 0 amide bonds. The van der Waals surface area contributed by atoms with Crippen LogP contribution in [0, 0.1) is 6.92 Å². The Balaban J connectivity index is 2.18. The van der Waals surface area contributed by atoms with E-state index >= 15 is 0 Å². The molecule has 0 aliphatic rings.